The van der Waals surface area contributed by atoms with E-state index >= 15 is 0 Å². The third kappa shape index (κ3) is 4.11. The van der Waals surface area contributed by atoms with E-state index in [1.807, 2.05) is 24.3 Å². The monoisotopic (exact) mass is 366 g/mol. The van der Waals surface area contributed by atoms with Crippen LogP contribution in [0.1, 0.15) is 10.4 Å². The second-order valence-corrected chi connectivity index (χ2v) is 6.33. The molecule has 140 valence electrons. The third-order valence-electron chi connectivity index (χ3n) is 4.40. The molecule has 2 aromatic rings. The zero-order valence-corrected chi connectivity index (χ0v) is 15.4. The first-order valence-corrected chi connectivity index (χ1v) is 8.63. The van der Waals surface area contributed by atoms with Gasteiger partial charge < -0.3 is 19.3 Å². The fourth-order valence-corrected chi connectivity index (χ4v) is 2.85. The van der Waals surface area contributed by atoms with Crippen molar-refractivity contribution in [2.24, 2.45) is 0 Å². The first-order chi connectivity index (χ1) is 13.0. The fraction of sp³-hybridized carbons (Fsp3) is 0.238. The van der Waals surface area contributed by atoms with Crippen LogP contribution in [0, 0.1) is 0 Å². The third-order valence-corrected chi connectivity index (χ3v) is 4.40. The molecule has 1 heterocycles. The van der Waals surface area contributed by atoms with E-state index in [-0.39, 0.29) is 17.9 Å². The number of nitrogens with zero attached hydrogens (tertiary/aromatic N) is 2. The van der Waals surface area contributed by atoms with E-state index in [1.54, 1.807) is 43.3 Å². The average Bonchev–Trinajstić information content (AvgIpc) is 2.72. The van der Waals surface area contributed by atoms with Crippen molar-refractivity contribution >= 4 is 17.5 Å². The molecule has 2 aromatic carbocycles. The number of benzene rings is 2. The zero-order chi connectivity index (χ0) is 19.4. The van der Waals surface area contributed by atoms with Gasteiger partial charge in [0.25, 0.3) is 5.91 Å². The Bertz CT molecular complexity index is 848. The van der Waals surface area contributed by atoms with Crippen LogP contribution in [0.25, 0.3) is 0 Å². The lowest BCUT2D eigenvalue weighted by atomic mass is 10.1. The predicted octanol–water partition coefficient (Wildman–Crippen LogP) is 2.75. The zero-order valence-electron chi connectivity index (χ0n) is 15.4. The number of anilines is 1. The highest BCUT2D eigenvalue weighted by atomic mass is 16.6. The Morgan fingerprint density at radius 3 is 2.44 bits per heavy atom. The molecular weight excluding hydrogens is 344 g/mol. The van der Waals surface area contributed by atoms with Crippen LogP contribution in [-0.4, -0.2) is 50.1 Å². The quantitative estimate of drug-likeness (QED) is 0.764. The van der Waals surface area contributed by atoms with Gasteiger partial charge in [-0.05, 0) is 42.5 Å². The lowest BCUT2D eigenvalue weighted by molar-refractivity contribution is -0.113. The summed E-state index contributed by atoms with van der Waals surface area (Å²) in [5, 5.41) is 0. The van der Waals surface area contributed by atoms with Crippen LogP contribution in [0.4, 0.5) is 5.69 Å². The maximum absolute atomic E-state index is 12.7. The molecule has 0 saturated heterocycles. The molecule has 2 amide bonds. The topological polar surface area (TPSA) is 59.1 Å². The Labute approximate surface area is 158 Å². The van der Waals surface area contributed by atoms with Gasteiger partial charge in [-0.25, -0.2) is 0 Å². The summed E-state index contributed by atoms with van der Waals surface area (Å²) in [5.74, 6) is 1.08. The molecule has 1 aliphatic heterocycles. The van der Waals surface area contributed by atoms with Gasteiger partial charge in [-0.1, -0.05) is 18.7 Å². The second kappa shape index (κ2) is 7.95. The highest BCUT2D eigenvalue weighted by Crippen LogP contribution is 2.31. The summed E-state index contributed by atoms with van der Waals surface area (Å²) < 4.78 is 11.6. The summed E-state index contributed by atoms with van der Waals surface area (Å²) in [4.78, 5) is 27.4. The Morgan fingerprint density at radius 1 is 1.11 bits per heavy atom. The maximum Gasteiger partial charge on any atom is 0.253 e. The van der Waals surface area contributed by atoms with Crippen molar-refractivity contribution in [1.82, 2.24) is 4.90 Å². The molecule has 0 fully saturated rings. The van der Waals surface area contributed by atoms with E-state index in [9.17, 15) is 9.59 Å². The number of para-hydroxylation sites is 2. The summed E-state index contributed by atoms with van der Waals surface area (Å²) in [6.45, 7) is 4.27. The summed E-state index contributed by atoms with van der Waals surface area (Å²) in [6.07, 6.45) is 1.02. The van der Waals surface area contributed by atoms with Gasteiger partial charge in [-0.15, -0.1) is 0 Å². The summed E-state index contributed by atoms with van der Waals surface area (Å²) in [6, 6.07) is 14.4. The highest BCUT2D eigenvalue weighted by Gasteiger charge is 2.24. The van der Waals surface area contributed by atoms with E-state index in [0.29, 0.717) is 30.2 Å². The lowest BCUT2D eigenvalue weighted by Crippen LogP contribution is -2.41. The van der Waals surface area contributed by atoms with Crippen LogP contribution in [0.15, 0.2) is 61.2 Å². The van der Waals surface area contributed by atoms with E-state index in [2.05, 4.69) is 6.58 Å². The number of ether oxygens (including phenoxy) is 2. The number of carbonyl (C=O) groups is 2. The van der Waals surface area contributed by atoms with Crippen LogP contribution in [0.5, 0.6) is 11.5 Å². The average molecular weight is 366 g/mol. The Morgan fingerprint density at radius 2 is 1.78 bits per heavy atom. The molecule has 0 bridgehead atoms. The van der Waals surface area contributed by atoms with E-state index in [1.165, 1.54) is 11.0 Å². The number of carbonyl (C=O) groups excluding carboxylic acids is 2. The lowest BCUT2D eigenvalue weighted by Gasteiger charge is -2.29. The predicted molar refractivity (Wildman–Crippen MR) is 103 cm³/mol. The van der Waals surface area contributed by atoms with Gasteiger partial charge in [0.05, 0.1) is 6.54 Å². The molecule has 1 atom stereocenters. The minimum Gasteiger partial charge on any atom is -0.486 e. The van der Waals surface area contributed by atoms with Crippen molar-refractivity contribution in [2.45, 2.75) is 6.10 Å². The number of hydrogen-bond acceptors (Lipinski definition) is 4. The Kier molecular flexibility index (Phi) is 5.45. The van der Waals surface area contributed by atoms with Gasteiger partial charge in [-0.2, -0.15) is 0 Å². The van der Waals surface area contributed by atoms with Gasteiger partial charge in [0.15, 0.2) is 17.6 Å². The molecule has 0 saturated carbocycles. The molecule has 0 radical (unpaired) electrons. The first-order valence-electron chi connectivity index (χ1n) is 8.63. The molecular formula is C21H22N2O4. The van der Waals surface area contributed by atoms with Crippen LogP contribution in [0.2, 0.25) is 0 Å². The normalized spacial score (nSPS) is 15.0. The van der Waals surface area contributed by atoms with Gasteiger partial charge >= 0.3 is 0 Å². The second-order valence-electron chi connectivity index (χ2n) is 6.33. The molecule has 27 heavy (non-hydrogen) atoms. The molecule has 0 aliphatic carbocycles. The van der Waals surface area contributed by atoms with Crippen LogP contribution in [0.3, 0.4) is 0 Å². The van der Waals surface area contributed by atoms with E-state index < -0.39 is 0 Å². The molecule has 0 aromatic heterocycles. The number of rotatable bonds is 5. The van der Waals surface area contributed by atoms with Crippen molar-refractivity contribution < 1.29 is 19.1 Å². The van der Waals surface area contributed by atoms with Crippen molar-refractivity contribution in [1.29, 1.82) is 0 Å². The van der Waals surface area contributed by atoms with Crippen LogP contribution in [-0.2, 0) is 4.79 Å². The van der Waals surface area contributed by atoms with Crippen LogP contribution >= 0.6 is 0 Å². The molecule has 0 spiro atoms. The molecule has 3 rings (SSSR count). The van der Waals surface area contributed by atoms with E-state index in [0.717, 1.165) is 5.75 Å². The molecule has 0 N–H and O–H groups in total. The number of hydrogen-bond donors (Lipinski definition) is 0. The molecule has 1 aliphatic rings. The first kappa shape index (κ1) is 18.5. The summed E-state index contributed by atoms with van der Waals surface area (Å²) in [5.41, 5.74) is 1.23. The molecule has 1 unspecified atom stereocenters. The number of likely N-dealkylation sites (N-methyl/N-ethyl adjacent to an activating group) is 2. The molecule has 6 heteroatoms. The Hall–Kier alpha value is -3.28. The van der Waals surface area contributed by atoms with Gasteiger partial charge in [0.1, 0.15) is 6.61 Å². The number of amides is 2. The van der Waals surface area contributed by atoms with Gasteiger partial charge in [0, 0.05) is 25.3 Å². The SMILES string of the molecule is C=CC(=O)N(C)c1ccc(C(=O)N(C)CC2COc3ccccc3O2)cc1. The van der Waals surface area contributed by atoms with Gasteiger partial charge in [-0.3, -0.25) is 9.59 Å². The maximum atomic E-state index is 12.7. The number of fused-ring (bicyclic) bond motifs is 1. The largest absolute Gasteiger partial charge is 0.486 e. The standard InChI is InChI=1S/C21H22N2O4/c1-4-20(24)23(3)16-11-9-15(10-12-16)21(25)22(2)13-17-14-26-18-7-5-6-8-19(18)27-17/h4-12,17H,1,13-14H2,2-3H3. The van der Waals surface area contributed by atoms with E-state index in [4.69, 9.17) is 9.47 Å². The molecule has 6 nitrogen and oxygen atoms in total. The highest BCUT2D eigenvalue weighted by molar-refractivity contribution is 6.01. The van der Waals surface area contributed by atoms with Crippen molar-refractivity contribution in [3.8, 4) is 11.5 Å². The van der Waals surface area contributed by atoms with Crippen molar-refractivity contribution in [3.63, 3.8) is 0 Å². The van der Waals surface area contributed by atoms with Crippen LogP contribution < -0.4 is 14.4 Å². The van der Waals surface area contributed by atoms with Crippen molar-refractivity contribution in [3.05, 3.63) is 66.7 Å². The fourth-order valence-electron chi connectivity index (χ4n) is 2.85. The minimum absolute atomic E-state index is 0.123. The Balaban J connectivity index is 1.62. The summed E-state index contributed by atoms with van der Waals surface area (Å²) >= 11 is 0. The van der Waals surface area contributed by atoms with Gasteiger partial charge in [0.2, 0.25) is 5.91 Å². The minimum atomic E-state index is -0.232. The summed E-state index contributed by atoms with van der Waals surface area (Å²) in [7, 11) is 3.39. The smallest absolute Gasteiger partial charge is 0.253 e. The van der Waals surface area contributed by atoms with Crippen molar-refractivity contribution in [2.75, 3.05) is 32.1 Å².